The molecular formula is C19H24N4O. The second kappa shape index (κ2) is 6.06. The maximum Gasteiger partial charge on any atom is 0.274 e. The molecule has 1 saturated heterocycles. The van der Waals surface area contributed by atoms with Crippen LogP contribution in [0.25, 0.3) is 5.69 Å². The molecule has 1 amide bonds. The Morgan fingerprint density at radius 3 is 2.54 bits per heavy atom. The van der Waals surface area contributed by atoms with Gasteiger partial charge in [-0.15, -0.1) is 0 Å². The van der Waals surface area contributed by atoms with E-state index < -0.39 is 0 Å². The van der Waals surface area contributed by atoms with E-state index in [1.54, 1.807) is 0 Å². The van der Waals surface area contributed by atoms with Crippen molar-refractivity contribution in [1.29, 1.82) is 0 Å². The first kappa shape index (κ1) is 15.4. The molecule has 0 unspecified atom stereocenters. The lowest BCUT2D eigenvalue weighted by molar-refractivity contribution is 0.0657. The SMILES string of the molecule is Cc1cccc(-n2nc(C(=O)N3CCN(C)CC3)cc2C2CC2)c1. The number of aromatic nitrogens is 2. The van der Waals surface area contributed by atoms with E-state index in [-0.39, 0.29) is 5.91 Å². The molecule has 2 heterocycles. The fourth-order valence-electron chi connectivity index (χ4n) is 3.31. The van der Waals surface area contributed by atoms with E-state index in [4.69, 9.17) is 0 Å². The van der Waals surface area contributed by atoms with Crippen molar-refractivity contribution in [3.05, 3.63) is 47.3 Å². The van der Waals surface area contributed by atoms with E-state index in [1.165, 1.54) is 24.1 Å². The highest BCUT2D eigenvalue weighted by atomic mass is 16.2. The molecule has 1 aliphatic carbocycles. The summed E-state index contributed by atoms with van der Waals surface area (Å²) in [5.41, 5.74) is 4.02. The van der Waals surface area contributed by atoms with Crippen molar-refractivity contribution in [2.45, 2.75) is 25.7 Å². The average Bonchev–Trinajstić information content (AvgIpc) is 3.33. The molecule has 126 valence electrons. The van der Waals surface area contributed by atoms with Crippen molar-refractivity contribution in [3.8, 4) is 5.69 Å². The van der Waals surface area contributed by atoms with Crippen LogP contribution in [0.3, 0.4) is 0 Å². The van der Waals surface area contributed by atoms with E-state index >= 15 is 0 Å². The van der Waals surface area contributed by atoms with Crippen molar-refractivity contribution in [1.82, 2.24) is 19.6 Å². The van der Waals surface area contributed by atoms with Gasteiger partial charge in [-0.2, -0.15) is 5.10 Å². The highest BCUT2D eigenvalue weighted by molar-refractivity contribution is 5.92. The number of hydrogen-bond donors (Lipinski definition) is 0. The number of amides is 1. The van der Waals surface area contributed by atoms with Crippen LogP contribution in [0.15, 0.2) is 30.3 Å². The first-order valence-electron chi connectivity index (χ1n) is 8.76. The molecule has 0 spiro atoms. The summed E-state index contributed by atoms with van der Waals surface area (Å²) >= 11 is 0. The van der Waals surface area contributed by atoms with E-state index in [2.05, 4.69) is 42.2 Å². The molecule has 2 aliphatic rings. The molecule has 1 aliphatic heterocycles. The molecule has 1 aromatic carbocycles. The first-order valence-corrected chi connectivity index (χ1v) is 8.76. The summed E-state index contributed by atoms with van der Waals surface area (Å²) in [7, 11) is 2.10. The third kappa shape index (κ3) is 2.96. The van der Waals surface area contributed by atoms with Crippen LogP contribution in [-0.2, 0) is 0 Å². The Bertz CT molecular complexity index is 754. The Morgan fingerprint density at radius 2 is 1.88 bits per heavy atom. The number of aryl methyl sites for hydroxylation is 1. The summed E-state index contributed by atoms with van der Waals surface area (Å²) in [6, 6.07) is 10.3. The summed E-state index contributed by atoms with van der Waals surface area (Å²) in [4.78, 5) is 17.0. The second-order valence-corrected chi connectivity index (χ2v) is 7.08. The topological polar surface area (TPSA) is 41.4 Å². The zero-order valence-corrected chi connectivity index (χ0v) is 14.4. The Morgan fingerprint density at radius 1 is 1.12 bits per heavy atom. The third-order valence-corrected chi connectivity index (χ3v) is 4.99. The fraction of sp³-hybridized carbons (Fsp3) is 0.474. The molecule has 2 fully saturated rings. The summed E-state index contributed by atoms with van der Waals surface area (Å²) in [6.07, 6.45) is 2.39. The van der Waals surface area contributed by atoms with Gasteiger partial charge in [0.1, 0.15) is 0 Å². The van der Waals surface area contributed by atoms with Crippen LogP contribution in [0, 0.1) is 6.92 Å². The second-order valence-electron chi connectivity index (χ2n) is 7.08. The molecular weight excluding hydrogens is 300 g/mol. The van der Waals surface area contributed by atoms with Gasteiger partial charge in [-0.3, -0.25) is 4.79 Å². The lowest BCUT2D eigenvalue weighted by Crippen LogP contribution is -2.47. The average molecular weight is 324 g/mol. The Balaban J connectivity index is 1.65. The highest BCUT2D eigenvalue weighted by Gasteiger charge is 2.31. The molecule has 4 rings (SSSR count). The molecule has 0 radical (unpaired) electrons. The number of rotatable bonds is 3. The maximum atomic E-state index is 12.8. The summed E-state index contributed by atoms with van der Waals surface area (Å²) in [6.45, 7) is 5.51. The van der Waals surface area contributed by atoms with Gasteiger partial charge >= 0.3 is 0 Å². The van der Waals surface area contributed by atoms with E-state index in [0.717, 1.165) is 31.9 Å². The number of hydrogen-bond acceptors (Lipinski definition) is 3. The summed E-state index contributed by atoms with van der Waals surface area (Å²) < 4.78 is 1.98. The van der Waals surface area contributed by atoms with Crippen LogP contribution in [0.5, 0.6) is 0 Å². The van der Waals surface area contributed by atoms with Crippen molar-refractivity contribution in [2.24, 2.45) is 0 Å². The number of benzene rings is 1. The Kier molecular flexibility index (Phi) is 3.88. The van der Waals surface area contributed by atoms with Crippen LogP contribution in [0.4, 0.5) is 0 Å². The monoisotopic (exact) mass is 324 g/mol. The standard InChI is InChI=1S/C19H24N4O/c1-14-4-3-5-16(12-14)23-18(15-6-7-15)13-17(20-23)19(24)22-10-8-21(2)9-11-22/h3-5,12-13,15H,6-11H2,1-2H3. The summed E-state index contributed by atoms with van der Waals surface area (Å²) in [5.74, 6) is 0.614. The van der Waals surface area contributed by atoms with E-state index in [9.17, 15) is 4.79 Å². The van der Waals surface area contributed by atoms with Crippen LogP contribution in [0.1, 0.15) is 40.5 Å². The number of nitrogens with zero attached hydrogens (tertiary/aromatic N) is 4. The minimum absolute atomic E-state index is 0.0661. The molecule has 0 bridgehead atoms. The van der Waals surface area contributed by atoms with Gasteiger partial charge in [0.05, 0.1) is 5.69 Å². The van der Waals surface area contributed by atoms with Crippen LogP contribution in [0.2, 0.25) is 0 Å². The molecule has 2 aromatic rings. The normalized spacial score (nSPS) is 18.8. The van der Waals surface area contributed by atoms with Crippen molar-refractivity contribution in [3.63, 3.8) is 0 Å². The van der Waals surface area contributed by atoms with Gasteiger partial charge in [-0.1, -0.05) is 12.1 Å². The lowest BCUT2D eigenvalue weighted by atomic mass is 10.2. The fourth-order valence-corrected chi connectivity index (χ4v) is 3.31. The smallest absolute Gasteiger partial charge is 0.274 e. The van der Waals surface area contributed by atoms with Gasteiger partial charge in [0.2, 0.25) is 0 Å². The molecule has 1 aromatic heterocycles. The van der Waals surface area contributed by atoms with Gasteiger partial charge in [-0.05, 0) is 50.6 Å². The Hall–Kier alpha value is -2.14. The van der Waals surface area contributed by atoms with Crippen molar-refractivity contribution >= 4 is 5.91 Å². The molecule has 24 heavy (non-hydrogen) atoms. The summed E-state index contributed by atoms with van der Waals surface area (Å²) in [5, 5.41) is 4.69. The number of carbonyl (C=O) groups is 1. The highest BCUT2D eigenvalue weighted by Crippen LogP contribution is 2.41. The van der Waals surface area contributed by atoms with Gasteiger partial charge < -0.3 is 9.80 Å². The third-order valence-electron chi connectivity index (χ3n) is 4.99. The van der Waals surface area contributed by atoms with Gasteiger partial charge in [0, 0.05) is 37.8 Å². The predicted octanol–water partition coefficient (Wildman–Crippen LogP) is 2.45. The molecule has 5 heteroatoms. The van der Waals surface area contributed by atoms with E-state index in [0.29, 0.717) is 11.6 Å². The van der Waals surface area contributed by atoms with E-state index in [1.807, 2.05) is 21.7 Å². The molecule has 1 saturated carbocycles. The molecule has 0 atom stereocenters. The lowest BCUT2D eigenvalue weighted by Gasteiger charge is -2.31. The molecule has 0 N–H and O–H groups in total. The zero-order valence-electron chi connectivity index (χ0n) is 14.4. The maximum absolute atomic E-state index is 12.8. The predicted molar refractivity (Wildman–Crippen MR) is 93.7 cm³/mol. The minimum atomic E-state index is 0.0661. The van der Waals surface area contributed by atoms with Crippen LogP contribution < -0.4 is 0 Å². The first-order chi connectivity index (χ1) is 11.6. The van der Waals surface area contributed by atoms with Crippen LogP contribution >= 0.6 is 0 Å². The van der Waals surface area contributed by atoms with Gasteiger partial charge in [0.15, 0.2) is 5.69 Å². The van der Waals surface area contributed by atoms with Crippen molar-refractivity contribution in [2.75, 3.05) is 33.2 Å². The van der Waals surface area contributed by atoms with Gasteiger partial charge in [-0.25, -0.2) is 4.68 Å². The van der Waals surface area contributed by atoms with Crippen LogP contribution in [-0.4, -0.2) is 58.7 Å². The van der Waals surface area contributed by atoms with Crippen molar-refractivity contribution < 1.29 is 4.79 Å². The quantitative estimate of drug-likeness (QED) is 0.871. The Labute approximate surface area is 142 Å². The molecule has 5 nitrogen and oxygen atoms in total. The minimum Gasteiger partial charge on any atom is -0.335 e. The largest absolute Gasteiger partial charge is 0.335 e. The number of piperazine rings is 1. The van der Waals surface area contributed by atoms with Gasteiger partial charge in [0.25, 0.3) is 5.91 Å². The number of carbonyl (C=O) groups excluding carboxylic acids is 1. The zero-order chi connectivity index (χ0) is 16.7. The number of likely N-dealkylation sites (N-methyl/N-ethyl adjacent to an activating group) is 1.